The van der Waals surface area contributed by atoms with E-state index >= 15 is 0 Å². The fourth-order valence-corrected chi connectivity index (χ4v) is 3.27. The van der Waals surface area contributed by atoms with Crippen LogP contribution in [0.4, 0.5) is 11.6 Å². The number of hydrogen-bond acceptors (Lipinski definition) is 5. The predicted octanol–water partition coefficient (Wildman–Crippen LogP) is 1.47. The van der Waals surface area contributed by atoms with Gasteiger partial charge in [-0.1, -0.05) is 12.1 Å². The van der Waals surface area contributed by atoms with E-state index in [-0.39, 0.29) is 29.9 Å². The molecule has 3 heterocycles. The zero-order valence-corrected chi connectivity index (χ0v) is 17.9. The van der Waals surface area contributed by atoms with Gasteiger partial charge in [-0.3, -0.25) is 4.79 Å². The number of aromatic nitrogens is 2. The highest BCUT2D eigenvalue weighted by molar-refractivity contribution is 14.0. The van der Waals surface area contributed by atoms with Gasteiger partial charge in [-0.05, 0) is 23.8 Å². The van der Waals surface area contributed by atoms with E-state index in [2.05, 4.69) is 24.8 Å². The van der Waals surface area contributed by atoms with Crippen LogP contribution >= 0.6 is 24.0 Å². The van der Waals surface area contributed by atoms with Gasteiger partial charge >= 0.3 is 0 Å². The number of β-lactam (4-membered cyclic amide) rings is 1. The van der Waals surface area contributed by atoms with E-state index in [1.165, 1.54) is 0 Å². The van der Waals surface area contributed by atoms with Crippen molar-refractivity contribution in [3.8, 4) is 0 Å². The third-order valence-corrected chi connectivity index (χ3v) is 4.93. The minimum atomic E-state index is 0. The van der Waals surface area contributed by atoms with Crippen molar-refractivity contribution in [3.05, 3.63) is 48.3 Å². The Kier molecular flexibility index (Phi) is 6.65. The fraction of sp³-hybridized carbons (Fsp3) is 0.368. The number of hydrogen-bond donors (Lipinski definition) is 1. The quantitative estimate of drug-likeness (QED) is 0.300. The molecule has 0 bridgehead atoms. The maximum atomic E-state index is 11.6. The first-order valence-corrected chi connectivity index (χ1v) is 9.17. The molecule has 0 atom stereocenters. The molecule has 2 saturated heterocycles. The van der Waals surface area contributed by atoms with Crippen LogP contribution in [0.25, 0.3) is 0 Å². The van der Waals surface area contributed by atoms with Crippen LogP contribution in [0.3, 0.4) is 0 Å². The van der Waals surface area contributed by atoms with Gasteiger partial charge < -0.3 is 20.4 Å². The average Bonchev–Trinajstić information content (AvgIpc) is 2.72. The van der Waals surface area contributed by atoms with Gasteiger partial charge in [0.05, 0.1) is 6.54 Å². The van der Waals surface area contributed by atoms with E-state index < -0.39 is 0 Å². The summed E-state index contributed by atoms with van der Waals surface area (Å²) in [5.41, 5.74) is 8.19. The molecule has 2 aliphatic heterocycles. The number of amides is 1. The summed E-state index contributed by atoms with van der Waals surface area (Å²) in [7, 11) is 0. The minimum Gasteiger partial charge on any atom is -0.370 e. The lowest BCUT2D eigenvalue weighted by molar-refractivity contribution is -0.122. The molecule has 8 nitrogen and oxygen atoms in total. The van der Waals surface area contributed by atoms with Gasteiger partial charge in [0, 0.05) is 57.2 Å². The van der Waals surface area contributed by atoms with Gasteiger partial charge in [0.2, 0.25) is 11.9 Å². The lowest BCUT2D eigenvalue weighted by Crippen LogP contribution is -2.51. The topological polar surface area (TPSA) is 91.0 Å². The second kappa shape index (κ2) is 9.18. The molecule has 0 unspecified atom stereocenters. The lowest BCUT2D eigenvalue weighted by atomic mass is 10.1. The van der Waals surface area contributed by atoms with Crippen molar-refractivity contribution < 1.29 is 4.79 Å². The molecule has 1 aromatic carbocycles. The highest BCUT2D eigenvalue weighted by Gasteiger charge is 2.25. The number of piperazine rings is 1. The summed E-state index contributed by atoms with van der Waals surface area (Å²) in [4.78, 5) is 30.8. The molecule has 2 aliphatic rings. The summed E-state index contributed by atoms with van der Waals surface area (Å²) >= 11 is 0. The highest BCUT2D eigenvalue weighted by Crippen LogP contribution is 2.23. The van der Waals surface area contributed by atoms with Crippen molar-refractivity contribution >= 4 is 47.5 Å². The first-order chi connectivity index (χ1) is 13.2. The third kappa shape index (κ3) is 4.51. The van der Waals surface area contributed by atoms with Crippen molar-refractivity contribution in [1.82, 2.24) is 14.9 Å². The highest BCUT2D eigenvalue weighted by atomic mass is 127. The van der Waals surface area contributed by atoms with E-state index in [0.717, 1.165) is 49.9 Å². The molecule has 2 fully saturated rings. The first kappa shape index (κ1) is 20.3. The Morgan fingerprint density at radius 1 is 1.07 bits per heavy atom. The van der Waals surface area contributed by atoms with Crippen molar-refractivity contribution in [2.45, 2.75) is 13.0 Å². The van der Waals surface area contributed by atoms with Crippen LogP contribution in [0, 0.1) is 0 Å². The van der Waals surface area contributed by atoms with E-state index in [9.17, 15) is 4.79 Å². The Bertz CT molecular complexity index is 837. The summed E-state index contributed by atoms with van der Waals surface area (Å²) in [6.07, 6.45) is 4.15. The number of halogens is 1. The molecule has 9 heteroatoms. The van der Waals surface area contributed by atoms with Gasteiger partial charge in [0.25, 0.3) is 0 Å². The minimum absolute atomic E-state index is 0. The standard InChI is InChI=1S/C19H23N7O.HI/c20-18(24-9-11-25(12-10-24)19-21-6-2-7-22-19)23-14-15-3-1-4-16(13-15)26-8-5-17(26)27;/h1-4,6-7,13H,5,8-12,14H2,(H2,20,23);1H. The molecule has 1 aromatic heterocycles. The number of nitrogens with two attached hydrogens (primary N) is 1. The number of anilines is 2. The Morgan fingerprint density at radius 3 is 2.46 bits per heavy atom. The van der Waals surface area contributed by atoms with Crippen LogP contribution in [0.5, 0.6) is 0 Å². The zero-order chi connectivity index (χ0) is 18.6. The SMILES string of the molecule is I.NC(=NCc1cccc(N2CCC2=O)c1)N1CCN(c2ncccn2)CC1. The van der Waals surface area contributed by atoms with Gasteiger partial charge in [0.1, 0.15) is 0 Å². The molecule has 0 radical (unpaired) electrons. The zero-order valence-electron chi connectivity index (χ0n) is 15.6. The third-order valence-electron chi connectivity index (χ3n) is 4.93. The Labute approximate surface area is 181 Å². The second-order valence-electron chi connectivity index (χ2n) is 6.66. The van der Waals surface area contributed by atoms with Crippen molar-refractivity contribution in [3.63, 3.8) is 0 Å². The molecule has 148 valence electrons. The van der Waals surface area contributed by atoms with Gasteiger partial charge in [-0.25, -0.2) is 15.0 Å². The van der Waals surface area contributed by atoms with E-state index in [1.807, 2.05) is 30.3 Å². The molecular weight excluding hydrogens is 469 g/mol. The number of nitrogens with zero attached hydrogens (tertiary/aromatic N) is 6. The van der Waals surface area contributed by atoms with Crippen LogP contribution in [0.15, 0.2) is 47.7 Å². The molecule has 0 saturated carbocycles. The lowest BCUT2D eigenvalue weighted by Gasteiger charge is -2.35. The van der Waals surface area contributed by atoms with E-state index in [1.54, 1.807) is 17.3 Å². The molecule has 2 N–H and O–H groups in total. The number of carbonyl (C=O) groups excluding carboxylic acids is 1. The van der Waals surface area contributed by atoms with Crippen LogP contribution in [0.1, 0.15) is 12.0 Å². The van der Waals surface area contributed by atoms with Gasteiger partial charge in [-0.15, -0.1) is 24.0 Å². The van der Waals surface area contributed by atoms with E-state index in [0.29, 0.717) is 18.9 Å². The monoisotopic (exact) mass is 493 g/mol. The predicted molar refractivity (Wildman–Crippen MR) is 120 cm³/mol. The number of aliphatic imine (C=N–C) groups is 1. The van der Waals surface area contributed by atoms with Gasteiger partial charge in [0.15, 0.2) is 5.96 Å². The maximum absolute atomic E-state index is 11.6. The molecule has 4 rings (SSSR count). The summed E-state index contributed by atoms with van der Waals surface area (Å²) in [6.45, 7) is 4.50. The molecular formula is C19H24IN7O. The maximum Gasteiger partial charge on any atom is 0.228 e. The van der Waals surface area contributed by atoms with Crippen LogP contribution < -0.4 is 15.5 Å². The van der Waals surface area contributed by atoms with Crippen LogP contribution in [0.2, 0.25) is 0 Å². The number of guanidine groups is 1. The molecule has 28 heavy (non-hydrogen) atoms. The van der Waals surface area contributed by atoms with E-state index in [4.69, 9.17) is 5.73 Å². The molecule has 0 spiro atoms. The molecule has 1 amide bonds. The Morgan fingerprint density at radius 2 is 1.82 bits per heavy atom. The fourth-order valence-electron chi connectivity index (χ4n) is 3.27. The van der Waals surface area contributed by atoms with Crippen molar-refractivity contribution in [1.29, 1.82) is 0 Å². The molecule has 0 aliphatic carbocycles. The first-order valence-electron chi connectivity index (χ1n) is 9.17. The van der Waals surface area contributed by atoms with Gasteiger partial charge in [-0.2, -0.15) is 0 Å². The van der Waals surface area contributed by atoms with Crippen LogP contribution in [-0.4, -0.2) is 59.5 Å². The Balaban J connectivity index is 0.00000225. The largest absolute Gasteiger partial charge is 0.370 e. The summed E-state index contributed by atoms with van der Waals surface area (Å²) in [5, 5.41) is 0. The average molecular weight is 493 g/mol. The Hall–Kier alpha value is -2.43. The second-order valence-corrected chi connectivity index (χ2v) is 6.66. The normalized spacial score (nSPS) is 17.2. The summed E-state index contributed by atoms with van der Waals surface area (Å²) in [5.74, 6) is 1.48. The summed E-state index contributed by atoms with van der Waals surface area (Å²) in [6, 6.07) is 9.75. The number of rotatable bonds is 4. The molecule has 2 aromatic rings. The summed E-state index contributed by atoms with van der Waals surface area (Å²) < 4.78 is 0. The van der Waals surface area contributed by atoms with Crippen molar-refractivity contribution in [2.24, 2.45) is 10.7 Å². The number of carbonyl (C=O) groups is 1. The van der Waals surface area contributed by atoms with Crippen molar-refractivity contribution in [2.75, 3.05) is 42.5 Å². The number of benzene rings is 1. The van der Waals surface area contributed by atoms with Crippen LogP contribution in [-0.2, 0) is 11.3 Å². The smallest absolute Gasteiger partial charge is 0.228 e.